The van der Waals surface area contributed by atoms with Crippen molar-refractivity contribution < 1.29 is 4.79 Å². The summed E-state index contributed by atoms with van der Waals surface area (Å²) < 4.78 is 1.58. The van der Waals surface area contributed by atoms with E-state index in [-0.39, 0.29) is 0 Å². The van der Waals surface area contributed by atoms with Crippen molar-refractivity contribution in [3.63, 3.8) is 0 Å². The zero-order valence-electron chi connectivity index (χ0n) is 11.9. The Labute approximate surface area is 126 Å². The summed E-state index contributed by atoms with van der Waals surface area (Å²) in [5.74, 6) is 0.0910. The van der Waals surface area contributed by atoms with Gasteiger partial charge in [-0.1, -0.05) is 12.1 Å². The SMILES string of the molecule is Cc1ccc(-c2nnnn2-c2ccc(C(N)=O)cc2)cc1N. The van der Waals surface area contributed by atoms with Crippen molar-refractivity contribution in [3.05, 3.63) is 53.6 Å². The van der Waals surface area contributed by atoms with Crippen molar-refractivity contribution in [1.82, 2.24) is 20.2 Å². The van der Waals surface area contributed by atoms with E-state index < -0.39 is 5.91 Å². The van der Waals surface area contributed by atoms with Gasteiger partial charge in [-0.25, -0.2) is 0 Å². The quantitative estimate of drug-likeness (QED) is 0.707. The molecule has 0 aliphatic rings. The lowest BCUT2D eigenvalue weighted by molar-refractivity contribution is 0.100. The van der Waals surface area contributed by atoms with Crippen LogP contribution in [0.1, 0.15) is 15.9 Å². The molecule has 22 heavy (non-hydrogen) atoms. The summed E-state index contributed by atoms with van der Waals surface area (Å²) in [6, 6.07) is 12.4. The number of carbonyl (C=O) groups excluding carboxylic acids is 1. The van der Waals surface area contributed by atoms with Crippen LogP contribution in [0.5, 0.6) is 0 Å². The number of anilines is 1. The van der Waals surface area contributed by atoms with E-state index >= 15 is 0 Å². The molecule has 3 rings (SSSR count). The molecule has 1 amide bonds. The fourth-order valence-corrected chi connectivity index (χ4v) is 2.09. The Morgan fingerprint density at radius 3 is 2.50 bits per heavy atom. The second-order valence-corrected chi connectivity index (χ2v) is 4.90. The predicted molar refractivity (Wildman–Crippen MR) is 82.3 cm³/mol. The van der Waals surface area contributed by atoms with E-state index in [0.717, 1.165) is 16.8 Å². The normalized spacial score (nSPS) is 10.6. The van der Waals surface area contributed by atoms with Gasteiger partial charge >= 0.3 is 0 Å². The maximum atomic E-state index is 11.1. The van der Waals surface area contributed by atoms with Crippen LogP contribution in [0, 0.1) is 6.92 Å². The second kappa shape index (κ2) is 5.28. The van der Waals surface area contributed by atoms with Gasteiger partial charge in [-0.15, -0.1) is 5.10 Å². The largest absolute Gasteiger partial charge is 0.398 e. The maximum absolute atomic E-state index is 11.1. The summed E-state index contributed by atoms with van der Waals surface area (Å²) in [5.41, 5.74) is 14.8. The number of nitrogen functional groups attached to an aromatic ring is 1. The average molecular weight is 294 g/mol. The highest BCUT2D eigenvalue weighted by atomic mass is 16.1. The highest BCUT2D eigenvalue weighted by Gasteiger charge is 2.12. The van der Waals surface area contributed by atoms with E-state index in [1.807, 2.05) is 25.1 Å². The van der Waals surface area contributed by atoms with Crippen LogP contribution in [-0.2, 0) is 0 Å². The van der Waals surface area contributed by atoms with Gasteiger partial charge in [0, 0.05) is 16.8 Å². The van der Waals surface area contributed by atoms with Crippen LogP contribution >= 0.6 is 0 Å². The van der Waals surface area contributed by atoms with Crippen LogP contribution in [0.4, 0.5) is 5.69 Å². The first-order chi connectivity index (χ1) is 10.6. The van der Waals surface area contributed by atoms with Crippen molar-refractivity contribution in [2.45, 2.75) is 6.92 Å². The number of rotatable bonds is 3. The molecule has 4 N–H and O–H groups in total. The van der Waals surface area contributed by atoms with Crippen molar-refractivity contribution in [2.75, 3.05) is 5.73 Å². The third-order valence-electron chi connectivity index (χ3n) is 3.40. The fraction of sp³-hybridized carbons (Fsp3) is 0.0667. The molecule has 7 heteroatoms. The molecule has 110 valence electrons. The number of primary amides is 1. The molecule has 2 aromatic carbocycles. The monoisotopic (exact) mass is 294 g/mol. The molecular weight excluding hydrogens is 280 g/mol. The molecule has 0 bridgehead atoms. The minimum absolute atomic E-state index is 0.429. The molecule has 0 fully saturated rings. The van der Waals surface area contributed by atoms with E-state index in [1.165, 1.54) is 0 Å². The number of hydrogen-bond acceptors (Lipinski definition) is 5. The molecular formula is C15H14N6O. The van der Waals surface area contributed by atoms with Gasteiger partial charge in [0.15, 0.2) is 5.82 Å². The highest BCUT2D eigenvalue weighted by Crippen LogP contribution is 2.23. The molecule has 0 atom stereocenters. The van der Waals surface area contributed by atoms with Crippen molar-refractivity contribution in [2.24, 2.45) is 5.73 Å². The first-order valence-electron chi connectivity index (χ1n) is 6.61. The number of nitrogens with two attached hydrogens (primary N) is 2. The molecule has 0 saturated carbocycles. The minimum Gasteiger partial charge on any atom is -0.398 e. The van der Waals surface area contributed by atoms with Crippen LogP contribution in [0.2, 0.25) is 0 Å². The van der Waals surface area contributed by atoms with Gasteiger partial charge in [0.1, 0.15) is 0 Å². The summed E-state index contributed by atoms with van der Waals surface area (Å²) in [6.45, 7) is 1.94. The topological polar surface area (TPSA) is 113 Å². The number of aromatic nitrogens is 4. The molecule has 0 spiro atoms. The fourth-order valence-electron chi connectivity index (χ4n) is 2.09. The van der Waals surface area contributed by atoms with Crippen LogP contribution in [0.15, 0.2) is 42.5 Å². The summed E-state index contributed by atoms with van der Waals surface area (Å²) in [5, 5.41) is 11.7. The van der Waals surface area contributed by atoms with Crippen molar-refractivity contribution in [3.8, 4) is 17.1 Å². The Hall–Kier alpha value is -3.22. The first kappa shape index (κ1) is 13.7. The van der Waals surface area contributed by atoms with E-state index in [4.69, 9.17) is 11.5 Å². The molecule has 0 aliphatic heterocycles. The van der Waals surface area contributed by atoms with E-state index in [1.54, 1.807) is 28.9 Å². The van der Waals surface area contributed by atoms with Gasteiger partial charge in [0.2, 0.25) is 5.91 Å². The lowest BCUT2D eigenvalue weighted by Gasteiger charge is -2.07. The van der Waals surface area contributed by atoms with Gasteiger partial charge in [-0.3, -0.25) is 4.79 Å². The molecule has 1 aromatic heterocycles. The van der Waals surface area contributed by atoms with Crippen LogP contribution in [0.25, 0.3) is 17.1 Å². The van der Waals surface area contributed by atoms with Gasteiger partial charge in [0.05, 0.1) is 5.69 Å². The van der Waals surface area contributed by atoms with Gasteiger partial charge < -0.3 is 11.5 Å². The Morgan fingerprint density at radius 1 is 1.14 bits per heavy atom. The standard InChI is InChI=1S/C15H14N6O/c1-9-2-3-11(8-13(9)16)15-18-19-20-21(15)12-6-4-10(5-7-12)14(17)22/h2-8H,16H2,1H3,(H2,17,22). The van der Waals surface area contributed by atoms with Gasteiger partial charge in [-0.05, 0) is 53.2 Å². The Kier molecular flexibility index (Phi) is 3.30. The lowest BCUT2D eigenvalue weighted by Crippen LogP contribution is -2.11. The molecule has 0 radical (unpaired) electrons. The minimum atomic E-state index is -0.477. The maximum Gasteiger partial charge on any atom is 0.248 e. The van der Waals surface area contributed by atoms with E-state index in [2.05, 4.69) is 15.5 Å². The molecule has 0 saturated heterocycles. The number of amides is 1. The van der Waals surface area contributed by atoms with Crippen LogP contribution < -0.4 is 11.5 Å². The Morgan fingerprint density at radius 2 is 1.86 bits per heavy atom. The number of nitrogens with zero attached hydrogens (tertiary/aromatic N) is 4. The van der Waals surface area contributed by atoms with E-state index in [9.17, 15) is 4.79 Å². The number of carbonyl (C=O) groups is 1. The Bertz CT molecular complexity index is 837. The predicted octanol–water partition coefficient (Wildman–Crippen LogP) is 1.32. The van der Waals surface area contributed by atoms with Crippen LogP contribution in [-0.4, -0.2) is 26.1 Å². The highest BCUT2D eigenvalue weighted by molar-refractivity contribution is 5.92. The summed E-state index contributed by atoms with van der Waals surface area (Å²) in [4.78, 5) is 11.1. The molecule has 0 aliphatic carbocycles. The average Bonchev–Trinajstić information content (AvgIpc) is 2.99. The van der Waals surface area contributed by atoms with Gasteiger partial charge in [0.25, 0.3) is 0 Å². The summed E-state index contributed by atoms with van der Waals surface area (Å²) in [7, 11) is 0. The molecule has 7 nitrogen and oxygen atoms in total. The zero-order chi connectivity index (χ0) is 15.7. The number of benzene rings is 2. The van der Waals surface area contributed by atoms with Gasteiger partial charge in [-0.2, -0.15) is 4.68 Å². The van der Waals surface area contributed by atoms with Crippen molar-refractivity contribution >= 4 is 11.6 Å². The third kappa shape index (κ3) is 2.39. The summed E-state index contributed by atoms with van der Waals surface area (Å²) in [6.07, 6.45) is 0. The van der Waals surface area contributed by atoms with Crippen molar-refractivity contribution in [1.29, 1.82) is 0 Å². The second-order valence-electron chi connectivity index (χ2n) is 4.90. The Balaban J connectivity index is 2.04. The number of aryl methyl sites for hydroxylation is 1. The third-order valence-corrected chi connectivity index (χ3v) is 3.40. The molecule has 3 aromatic rings. The summed E-state index contributed by atoms with van der Waals surface area (Å²) >= 11 is 0. The number of tetrazole rings is 1. The number of hydrogen-bond donors (Lipinski definition) is 2. The smallest absolute Gasteiger partial charge is 0.248 e. The lowest BCUT2D eigenvalue weighted by atomic mass is 10.1. The van der Waals surface area contributed by atoms with E-state index in [0.29, 0.717) is 17.1 Å². The first-order valence-corrected chi connectivity index (χ1v) is 6.61. The van der Waals surface area contributed by atoms with Crippen LogP contribution in [0.3, 0.4) is 0 Å². The molecule has 0 unspecified atom stereocenters. The molecule has 1 heterocycles. The zero-order valence-corrected chi connectivity index (χ0v) is 11.9.